The number of hydrogen-bond acceptors (Lipinski definition) is 3. The molecule has 2 unspecified atom stereocenters. The van der Waals surface area contributed by atoms with Crippen LogP contribution in [-0.2, 0) is 6.54 Å². The highest BCUT2D eigenvalue weighted by Gasteiger charge is 2.24. The Morgan fingerprint density at radius 3 is 2.90 bits per heavy atom. The molecule has 1 saturated carbocycles. The first-order valence-electron chi connectivity index (χ1n) is 8.24. The van der Waals surface area contributed by atoms with E-state index < -0.39 is 0 Å². The van der Waals surface area contributed by atoms with Gasteiger partial charge in [-0.2, -0.15) is 0 Å². The van der Waals surface area contributed by atoms with E-state index in [9.17, 15) is 0 Å². The Labute approximate surface area is 128 Å². The summed E-state index contributed by atoms with van der Waals surface area (Å²) in [6.45, 7) is 5.78. The van der Waals surface area contributed by atoms with Crippen LogP contribution in [0, 0.1) is 5.92 Å². The van der Waals surface area contributed by atoms with Crippen LogP contribution in [0.1, 0.15) is 50.3 Å². The molecule has 3 heteroatoms. The molecule has 0 amide bonds. The average molecular weight is 295 g/mol. The quantitative estimate of drug-likeness (QED) is 0.761. The topological polar surface area (TPSA) is 15.3 Å². The number of hydrogen-bond donors (Lipinski definition) is 1. The fourth-order valence-electron chi connectivity index (χ4n) is 3.33. The standard InChI is InChI=1S/C17H30N2S/c1-3-11-18-17-10-6-4-5-8-15(17)13-19(2)14-16-9-7-12-20-16/h7,9,12,15,17-18H,3-6,8,10-11,13-14H2,1-2H3. The van der Waals surface area contributed by atoms with Crippen LogP contribution in [0.5, 0.6) is 0 Å². The fraction of sp³-hybridized carbons (Fsp3) is 0.765. The van der Waals surface area contributed by atoms with Gasteiger partial charge in [-0.3, -0.25) is 0 Å². The minimum absolute atomic E-state index is 0.739. The zero-order chi connectivity index (χ0) is 14.2. The third-order valence-corrected chi connectivity index (χ3v) is 5.23. The molecule has 2 nitrogen and oxygen atoms in total. The molecule has 1 aliphatic carbocycles. The van der Waals surface area contributed by atoms with Crippen LogP contribution >= 0.6 is 11.3 Å². The molecule has 2 rings (SSSR count). The molecule has 1 aromatic rings. The van der Waals surface area contributed by atoms with Crippen LogP contribution in [0.3, 0.4) is 0 Å². The molecule has 0 radical (unpaired) electrons. The SMILES string of the molecule is CCCNC1CCCCCC1CN(C)Cc1cccs1. The van der Waals surface area contributed by atoms with E-state index in [0.29, 0.717) is 0 Å². The van der Waals surface area contributed by atoms with E-state index in [0.717, 1.165) is 18.5 Å². The second-order valence-corrected chi connectivity index (χ2v) is 7.27. The zero-order valence-corrected chi connectivity index (χ0v) is 13.9. The van der Waals surface area contributed by atoms with Crippen LogP contribution in [0.25, 0.3) is 0 Å². The van der Waals surface area contributed by atoms with Gasteiger partial charge in [0.25, 0.3) is 0 Å². The molecule has 1 heterocycles. The lowest BCUT2D eigenvalue weighted by Gasteiger charge is -2.30. The molecule has 1 aromatic heterocycles. The third kappa shape index (κ3) is 5.19. The molecule has 20 heavy (non-hydrogen) atoms. The van der Waals surface area contributed by atoms with Gasteiger partial charge in [0, 0.05) is 24.0 Å². The number of rotatable bonds is 7. The zero-order valence-electron chi connectivity index (χ0n) is 13.1. The van der Waals surface area contributed by atoms with Gasteiger partial charge in [0.15, 0.2) is 0 Å². The first-order chi connectivity index (χ1) is 9.79. The molecule has 2 atom stereocenters. The van der Waals surface area contributed by atoms with E-state index >= 15 is 0 Å². The third-order valence-electron chi connectivity index (χ3n) is 4.37. The number of thiophene rings is 1. The largest absolute Gasteiger partial charge is 0.314 e. The molecular formula is C17H30N2S. The van der Waals surface area contributed by atoms with Gasteiger partial charge in [0.2, 0.25) is 0 Å². The van der Waals surface area contributed by atoms with Gasteiger partial charge in [-0.15, -0.1) is 11.3 Å². The monoisotopic (exact) mass is 294 g/mol. The summed E-state index contributed by atoms with van der Waals surface area (Å²) in [5.74, 6) is 0.828. The summed E-state index contributed by atoms with van der Waals surface area (Å²) in [5.41, 5.74) is 0. The Balaban J connectivity index is 1.85. The van der Waals surface area contributed by atoms with E-state index in [1.54, 1.807) is 0 Å². The second kappa shape index (κ2) is 8.81. The molecule has 1 fully saturated rings. The van der Waals surface area contributed by atoms with Crippen molar-refractivity contribution in [1.29, 1.82) is 0 Å². The Bertz CT molecular complexity index is 350. The summed E-state index contributed by atoms with van der Waals surface area (Å²) < 4.78 is 0. The smallest absolute Gasteiger partial charge is 0.0324 e. The fourth-order valence-corrected chi connectivity index (χ4v) is 4.12. The van der Waals surface area contributed by atoms with Gasteiger partial charge in [0.1, 0.15) is 0 Å². The van der Waals surface area contributed by atoms with Gasteiger partial charge in [-0.1, -0.05) is 32.3 Å². The van der Waals surface area contributed by atoms with Crippen molar-refractivity contribution in [2.24, 2.45) is 5.92 Å². The van der Waals surface area contributed by atoms with Crippen molar-refractivity contribution in [3.8, 4) is 0 Å². The van der Waals surface area contributed by atoms with Gasteiger partial charge < -0.3 is 10.2 Å². The van der Waals surface area contributed by atoms with Gasteiger partial charge in [-0.05, 0) is 50.2 Å². The Kier molecular flexibility index (Phi) is 7.05. The lowest BCUT2D eigenvalue weighted by atomic mass is 9.94. The molecule has 0 aliphatic heterocycles. The molecule has 0 aromatic carbocycles. The van der Waals surface area contributed by atoms with E-state index in [-0.39, 0.29) is 0 Å². The first kappa shape index (κ1) is 16.0. The van der Waals surface area contributed by atoms with Gasteiger partial charge >= 0.3 is 0 Å². The summed E-state index contributed by atoms with van der Waals surface area (Å²) in [7, 11) is 2.28. The van der Waals surface area contributed by atoms with Crippen LogP contribution in [0.2, 0.25) is 0 Å². The van der Waals surface area contributed by atoms with Crippen LogP contribution in [0.4, 0.5) is 0 Å². The van der Waals surface area contributed by atoms with E-state index in [1.807, 2.05) is 11.3 Å². The maximum Gasteiger partial charge on any atom is 0.0324 e. The number of nitrogens with zero attached hydrogens (tertiary/aromatic N) is 1. The van der Waals surface area contributed by atoms with Crippen molar-refractivity contribution in [2.45, 2.75) is 58.0 Å². The Morgan fingerprint density at radius 1 is 1.30 bits per heavy atom. The predicted octanol–water partition coefficient (Wildman–Crippen LogP) is 4.13. The van der Waals surface area contributed by atoms with Crippen molar-refractivity contribution in [3.63, 3.8) is 0 Å². The molecular weight excluding hydrogens is 264 g/mol. The predicted molar refractivity (Wildman–Crippen MR) is 89.3 cm³/mol. The molecule has 0 bridgehead atoms. The normalized spacial score (nSPS) is 23.9. The van der Waals surface area contributed by atoms with Crippen molar-refractivity contribution in [3.05, 3.63) is 22.4 Å². The summed E-state index contributed by atoms with van der Waals surface area (Å²) in [6.07, 6.45) is 8.27. The van der Waals surface area contributed by atoms with Gasteiger partial charge in [0.05, 0.1) is 0 Å². The summed E-state index contributed by atoms with van der Waals surface area (Å²) in [6, 6.07) is 5.15. The molecule has 114 valence electrons. The highest BCUT2D eigenvalue weighted by molar-refractivity contribution is 7.09. The van der Waals surface area contributed by atoms with Crippen LogP contribution < -0.4 is 5.32 Å². The van der Waals surface area contributed by atoms with E-state index in [2.05, 4.69) is 41.7 Å². The van der Waals surface area contributed by atoms with Crippen molar-refractivity contribution < 1.29 is 0 Å². The molecule has 0 spiro atoms. The van der Waals surface area contributed by atoms with Crippen LogP contribution in [-0.4, -0.2) is 31.1 Å². The van der Waals surface area contributed by atoms with Crippen molar-refractivity contribution in [1.82, 2.24) is 10.2 Å². The Morgan fingerprint density at radius 2 is 2.15 bits per heavy atom. The van der Waals surface area contributed by atoms with Gasteiger partial charge in [-0.25, -0.2) is 0 Å². The summed E-state index contributed by atoms with van der Waals surface area (Å²) in [4.78, 5) is 4.00. The molecule has 0 saturated heterocycles. The van der Waals surface area contributed by atoms with Crippen molar-refractivity contribution >= 4 is 11.3 Å². The van der Waals surface area contributed by atoms with Crippen molar-refractivity contribution in [2.75, 3.05) is 20.1 Å². The maximum absolute atomic E-state index is 3.80. The minimum atomic E-state index is 0.739. The first-order valence-corrected chi connectivity index (χ1v) is 9.12. The maximum atomic E-state index is 3.80. The summed E-state index contributed by atoms with van der Waals surface area (Å²) in [5, 5.41) is 5.98. The summed E-state index contributed by atoms with van der Waals surface area (Å²) >= 11 is 1.87. The van der Waals surface area contributed by atoms with Crippen LogP contribution in [0.15, 0.2) is 17.5 Å². The lowest BCUT2D eigenvalue weighted by Crippen LogP contribution is -2.41. The highest BCUT2D eigenvalue weighted by atomic mass is 32.1. The minimum Gasteiger partial charge on any atom is -0.314 e. The second-order valence-electron chi connectivity index (χ2n) is 6.23. The Hall–Kier alpha value is -0.380. The molecule has 1 N–H and O–H groups in total. The lowest BCUT2D eigenvalue weighted by molar-refractivity contribution is 0.220. The molecule has 1 aliphatic rings. The highest BCUT2D eigenvalue weighted by Crippen LogP contribution is 2.25. The number of nitrogens with one attached hydrogen (secondary N) is 1. The average Bonchev–Trinajstić information content (AvgIpc) is 2.84. The van der Waals surface area contributed by atoms with E-state index in [4.69, 9.17) is 0 Å². The van der Waals surface area contributed by atoms with E-state index in [1.165, 1.54) is 56.5 Å².